The van der Waals surface area contributed by atoms with Crippen LogP contribution in [0.1, 0.15) is 39.5 Å². The van der Waals surface area contributed by atoms with Crippen molar-refractivity contribution in [2.24, 2.45) is 0 Å². The minimum atomic E-state index is -0.319. The molecule has 0 atom stereocenters. The van der Waals surface area contributed by atoms with Crippen molar-refractivity contribution in [1.82, 2.24) is 0 Å². The Morgan fingerprint density at radius 2 is 1.67 bits per heavy atom. The Labute approximate surface area is 90.4 Å². The number of Topliss-reactive ketones (excluding diaryl/α,β-unsaturated/α-hetero) is 1. The average molecular weight is 210 g/mol. The van der Waals surface area contributed by atoms with Gasteiger partial charge in [0, 0.05) is 12.8 Å². The smallest absolute Gasteiger partial charge is 0.169 e. The third kappa shape index (κ3) is 2.13. The molecule has 1 heterocycles. The largest absolute Gasteiger partial charge is 0.348 e. The van der Waals surface area contributed by atoms with Crippen LogP contribution < -0.4 is 0 Å². The molecule has 0 aromatic carbocycles. The summed E-state index contributed by atoms with van der Waals surface area (Å²) >= 11 is 0. The second kappa shape index (κ2) is 4.06. The minimum absolute atomic E-state index is 0.189. The molecule has 3 heteroatoms. The summed E-state index contributed by atoms with van der Waals surface area (Å²) in [5, 5.41) is 0. The van der Waals surface area contributed by atoms with Gasteiger partial charge in [0.1, 0.15) is 0 Å². The van der Waals surface area contributed by atoms with E-state index in [2.05, 4.69) is 0 Å². The van der Waals surface area contributed by atoms with Gasteiger partial charge in [-0.3, -0.25) is 4.79 Å². The van der Waals surface area contributed by atoms with Crippen LogP contribution in [0.3, 0.4) is 0 Å². The quantitative estimate of drug-likeness (QED) is 0.622. The lowest BCUT2D eigenvalue weighted by Gasteiger charge is -2.33. The maximum atomic E-state index is 11.2. The molecule has 1 spiro atoms. The Balaban J connectivity index is 2.03. The normalized spacial score (nSPS) is 24.5. The van der Waals surface area contributed by atoms with Crippen LogP contribution in [0.2, 0.25) is 0 Å². The first-order valence-corrected chi connectivity index (χ1v) is 5.60. The van der Waals surface area contributed by atoms with Gasteiger partial charge >= 0.3 is 0 Å². The molecule has 2 rings (SSSR count). The molecule has 0 amide bonds. The molecule has 1 saturated carbocycles. The van der Waals surface area contributed by atoms with Crippen LogP contribution in [0.4, 0.5) is 0 Å². The van der Waals surface area contributed by atoms with Gasteiger partial charge < -0.3 is 9.47 Å². The molecular weight excluding hydrogens is 192 g/mol. The highest BCUT2D eigenvalue weighted by molar-refractivity contribution is 5.93. The van der Waals surface area contributed by atoms with Crippen molar-refractivity contribution < 1.29 is 14.3 Å². The Morgan fingerprint density at radius 1 is 1.13 bits per heavy atom. The molecule has 3 nitrogen and oxygen atoms in total. The van der Waals surface area contributed by atoms with E-state index in [-0.39, 0.29) is 11.6 Å². The Morgan fingerprint density at radius 3 is 2.13 bits per heavy atom. The Hall–Kier alpha value is -0.670. The highest BCUT2D eigenvalue weighted by Gasteiger charge is 2.39. The summed E-state index contributed by atoms with van der Waals surface area (Å²) in [5.74, 6) is -0.130. The number of rotatable bonds is 1. The maximum absolute atomic E-state index is 11.2. The lowest BCUT2D eigenvalue weighted by molar-refractivity contribution is -0.171. The fraction of sp³-hybridized carbons (Fsp3) is 0.750. The van der Waals surface area contributed by atoms with E-state index < -0.39 is 0 Å². The van der Waals surface area contributed by atoms with Crippen molar-refractivity contribution in [2.75, 3.05) is 13.2 Å². The molecule has 15 heavy (non-hydrogen) atoms. The highest BCUT2D eigenvalue weighted by atomic mass is 16.7. The summed E-state index contributed by atoms with van der Waals surface area (Å²) < 4.78 is 11.3. The van der Waals surface area contributed by atoms with Gasteiger partial charge in [0.15, 0.2) is 11.6 Å². The SMILES string of the molecule is CC(=O)C(C)=C1CCC2(CC1)OCCO2. The van der Waals surface area contributed by atoms with Gasteiger partial charge in [0.25, 0.3) is 0 Å². The zero-order valence-corrected chi connectivity index (χ0v) is 9.47. The molecule has 0 aromatic heterocycles. The molecule has 1 aliphatic carbocycles. The fourth-order valence-corrected chi connectivity index (χ4v) is 2.34. The van der Waals surface area contributed by atoms with Crippen LogP contribution in [-0.2, 0) is 14.3 Å². The van der Waals surface area contributed by atoms with Crippen LogP contribution in [0.5, 0.6) is 0 Å². The predicted molar refractivity (Wildman–Crippen MR) is 56.5 cm³/mol. The Kier molecular flexibility index (Phi) is 2.94. The van der Waals surface area contributed by atoms with Gasteiger partial charge in [-0.2, -0.15) is 0 Å². The zero-order valence-electron chi connectivity index (χ0n) is 9.47. The molecule has 0 N–H and O–H groups in total. The van der Waals surface area contributed by atoms with Crippen molar-refractivity contribution in [2.45, 2.75) is 45.3 Å². The number of ketones is 1. The van der Waals surface area contributed by atoms with Crippen LogP contribution in [0.15, 0.2) is 11.1 Å². The molecule has 2 aliphatic rings. The van der Waals surface area contributed by atoms with Gasteiger partial charge in [-0.1, -0.05) is 5.57 Å². The first-order valence-electron chi connectivity index (χ1n) is 5.60. The van der Waals surface area contributed by atoms with E-state index in [1.807, 2.05) is 6.92 Å². The van der Waals surface area contributed by atoms with E-state index in [0.29, 0.717) is 13.2 Å². The van der Waals surface area contributed by atoms with E-state index in [0.717, 1.165) is 31.3 Å². The second-order valence-electron chi connectivity index (χ2n) is 4.39. The minimum Gasteiger partial charge on any atom is -0.348 e. The highest BCUT2D eigenvalue weighted by Crippen LogP contribution is 2.38. The lowest BCUT2D eigenvalue weighted by atomic mass is 9.86. The maximum Gasteiger partial charge on any atom is 0.169 e. The first kappa shape index (κ1) is 10.8. The van der Waals surface area contributed by atoms with Crippen molar-refractivity contribution in [3.63, 3.8) is 0 Å². The molecule has 84 valence electrons. The van der Waals surface area contributed by atoms with Crippen LogP contribution in [0, 0.1) is 0 Å². The van der Waals surface area contributed by atoms with Gasteiger partial charge in [-0.25, -0.2) is 0 Å². The molecule has 1 aliphatic heterocycles. The van der Waals surface area contributed by atoms with Crippen LogP contribution >= 0.6 is 0 Å². The van der Waals surface area contributed by atoms with Crippen molar-refractivity contribution in [3.8, 4) is 0 Å². The fourth-order valence-electron chi connectivity index (χ4n) is 2.34. The monoisotopic (exact) mass is 210 g/mol. The number of hydrogen-bond donors (Lipinski definition) is 0. The molecule has 2 fully saturated rings. The van der Waals surface area contributed by atoms with Gasteiger partial charge in [-0.15, -0.1) is 0 Å². The number of ether oxygens (including phenoxy) is 2. The van der Waals surface area contributed by atoms with Crippen molar-refractivity contribution >= 4 is 5.78 Å². The zero-order chi connectivity index (χ0) is 10.9. The predicted octanol–water partition coefficient (Wildman–Crippen LogP) is 2.21. The number of carbonyl (C=O) groups excluding carboxylic acids is 1. The average Bonchev–Trinajstić information content (AvgIpc) is 2.67. The van der Waals surface area contributed by atoms with E-state index in [9.17, 15) is 4.79 Å². The third-order valence-corrected chi connectivity index (χ3v) is 3.49. The Bertz CT molecular complexity index is 286. The van der Waals surface area contributed by atoms with Crippen LogP contribution in [0.25, 0.3) is 0 Å². The molecule has 0 bridgehead atoms. The van der Waals surface area contributed by atoms with E-state index >= 15 is 0 Å². The molecule has 0 aromatic rings. The van der Waals surface area contributed by atoms with Gasteiger partial charge in [0.05, 0.1) is 13.2 Å². The topological polar surface area (TPSA) is 35.5 Å². The number of allylic oxidation sites excluding steroid dienone is 2. The molecule has 0 radical (unpaired) electrons. The molecule has 1 saturated heterocycles. The van der Waals surface area contributed by atoms with Crippen molar-refractivity contribution in [3.05, 3.63) is 11.1 Å². The van der Waals surface area contributed by atoms with Gasteiger partial charge in [-0.05, 0) is 32.3 Å². The van der Waals surface area contributed by atoms with Crippen molar-refractivity contribution in [1.29, 1.82) is 0 Å². The van der Waals surface area contributed by atoms with Gasteiger partial charge in [0.2, 0.25) is 0 Å². The second-order valence-corrected chi connectivity index (χ2v) is 4.39. The van der Waals surface area contributed by atoms with E-state index in [4.69, 9.17) is 9.47 Å². The third-order valence-electron chi connectivity index (χ3n) is 3.49. The summed E-state index contributed by atoms with van der Waals surface area (Å²) in [6, 6.07) is 0. The molecule has 0 unspecified atom stereocenters. The number of carbonyl (C=O) groups is 1. The number of hydrogen-bond acceptors (Lipinski definition) is 3. The summed E-state index contributed by atoms with van der Waals surface area (Å²) in [7, 11) is 0. The van der Waals surface area contributed by atoms with Crippen LogP contribution in [-0.4, -0.2) is 24.8 Å². The first-order chi connectivity index (χ1) is 7.13. The lowest BCUT2D eigenvalue weighted by Crippen LogP contribution is -2.33. The standard InChI is InChI=1S/C12H18O3/c1-9(10(2)13)11-3-5-12(6-4-11)14-7-8-15-12/h3-8H2,1-2H3. The van der Waals surface area contributed by atoms with E-state index in [1.54, 1.807) is 6.92 Å². The summed E-state index contributed by atoms with van der Waals surface area (Å²) in [5.41, 5.74) is 2.22. The summed E-state index contributed by atoms with van der Waals surface area (Å²) in [6.07, 6.45) is 3.66. The molecular formula is C12H18O3. The van der Waals surface area contributed by atoms with E-state index in [1.165, 1.54) is 5.57 Å². The summed E-state index contributed by atoms with van der Waals surface area (Å²) in [6.45, 7) is 4.98. The summed E-state index contributed by atoms with van der Waals surface area (Å²) in [4.78, 5) is 11.2.